The molecular weight excluding hydrogens is 368 g/mol. The van der Waals surface area contributed by atoms with Gasteiger partial charge < -0.3 is 14.8 Å². The monoisotopic (exact) mass is 390 g/mol. The van der Waals surface area contributed by atoms with E-state index >= 15 is 0 Å². The molecule has 27 heavy (non-hydrogen) atoms. The lowest BCUT2D eigenvalue weighted by molar-refractivity contribution is -0.126. The van der Waals surface area contributed by atoms with Gasteiger partial charge in [0.25, 0.3) is 0 Å². The molecule has 1 amide bonds. The van der Waals surface area contributed by atoms with E-state index in [1.165, 1.54) is 30.7 Å². The van der Waals surface area contributed by atoms with Gasteiger partial charge in [-0.3, -0.25) is 4.79 Å². The number of nitrogens with one attached hydrogen (secondary N) is 1. The maximum Gasteiger partial charge on any atom is 0.247 e. The molecule has 1 aliphatic heterocycles. The van der Waals surface area contributed by atoms with E-state index in [2.05, 4.69) is 5.32 Å². The number of aryl methyl sites for hydroxylation is 1. The summed E-state index contributed by atoms with van der Waals surface area (Å²) in [5.74, 6) is 0.309. The third kappa shape index (κ3) is 3.63. The molecule has 8 heteroatoms. The van der Waals surface area contributed by atoms with E-state index in [4.69, 9.17) is 9.47 Å². The topological polar surface area (TPSA) is 84.9 Å². The van der Waals surface area contributed by atoms with Crippen LogP contribution in [-0.2, 0) is 14.8 Å². The number of hydrogen-bond acceptors (Lipinski definition) is 5. The molecule has 1 N–H and O–H groups in total. The highest BCUT2D eigenvalue weighted by molar-refractivity contribution is 7.89. The third-order valence-electron chi connectivity index (χ3n) is 4.48. The summed E-state index contributed by atoms with van der Waals surface area (Å²) in [6.45, 7) is 2.32. The molecule has 1 atom stereocenters. The van der Waals surface area contributed by atoms with Gasteiger partial charge in [-0.15, -0.1) is 0 Å². The minimum absolute atomic E-state index is 0.00171. The summed E-state index contributed by atoms with van der Waals surface area (Å²) in [6, 6.07) is 10.9. The van der Waals surface area contributed by atoms with Crippen LogP contribution in [0.2, 0.25) is 0 Å². The second kappa shape index (κ2) is 7.58. The van der Waals surface area contributed by atoms with Gasteiger partial charge in [-0.05, 0) is 24.6 Å². The number of piperazine rings is 1. The van der Waals surface area contributed by atoms with Crippen LogP contribution in [0, 0.1) is 6.92 Å². The Bertz CT molecular complexity index is 958. The summed E-state index contributed by atoms with van der Waals surface area (Å²) in [5.41, 5.74) is 1.58. The molecule has 1 heterocycles. The predicted octanol–water partition coefficient (Wildman–Crippen LogP) is 1.87. The summed E-state index contributed by atoms with van der Waals surface area (Å²) in [4.78, 5) is 12.6. The Kier molecular flexibility index (Phi) is 5.38. The van der Waals surface area contributed by atoms with Crippen molar-refractivity contribution in [1.82, 2.24) is 9.62 Å². The van der Waals surface area contributed by atoms with Crippen molar-refractivity contribution >= 4 is 15.9 Å². The Morgan fingerprint density at radius 2 is 1.89 bits per heavy atom. The zero-order valence-electron chi connectivity index (χ0n) is 15.4. The number of amides is 1. The molecule has 144 valence electrons. The number of carbonyl (C=O) groups is 1. The van der Waals surface area contributed by atoms with Gasteiger partial charge in [0.05, 0.1) is 14.2 Å². The molecule has 2 aromatic carbocycles. The number of carbonyl (C=O) groups excluding carboxylic acids is 1. The van der Waals surface area contributed by atoms with Crippen LogP contribution >= 0.6 is 0 Å². The van der Waals surface area contributed by atoms with E-state index < -0.39 is 16.1 Å². The summed E-state index contributed by atoms with van der Waals surface area (Å²) in [5, 5.41) is 2.75. The summed E-state index contributed by atoms with van der Waals surface area (Å²) in [7, 11) is -1.09. The molecule has 1 fully saturated rings. The largest absolute Gasteiger partial charge is 0.497 e. The van der Waals surface area contributed by atoms with Crippen LogP contribution in [0.25, 0.3) is 0 Å². The fourth-order valence-electron chi connectivity index (χ4n) is 3.18. The SMILES string of the molecule is COc1ccc(S(=O)(=O)N2CCNC(=O)C2c2cccc(C)c2)c(OC)c1. The third-order valence-corrected chi connectivity index (χ3v) is 6.39. The maximum atomic E-state index is 13.4. The molecule has 1 aliphatic rings. The van der Waals surface area contributed by atoms with Crippen molar-refractivity contribution in [2.45, 2.75) is 17.9 Å². The average molecular weight is 390 g/mol. The van der Waals surface area contributed by atoms with E-state index in [9.17, 15) is 13.2 Å². The molecule has 0 aromatic heterocycles. The molecule has 3 rings (SSSR count). The van der Waals surface area contributed by atoms with Gasteiger partial charge in [0.2, 0.25) is 15.9 Å². The number of benzene rings is 2. The maximum absolute atomic E-state index is 13.4. The van der Waals surface area contributed by atoms with E-state index in [1.54, 1.807) is 12.1 Å². The van der Waals surface area contributed by atoms with Crippen LogP contribution in [0.3, 0.4) is 0 Å². The molecule has 1 unspecified atom stereocenters. The highest BCUT2D eigenvalue weighted by Crippen LogP contribution is 2.35. The van der Waals surface area contributed by atoms with Gasteiger partial charge in [0.15, 0.2) is 0 Å². The quantitative estimate of drug-likeness (QED) is 0.843. The van der Waals surface area contributed by atoms with Gasteiger partial charge in [0, 0.05) is 19.2 Å². The van der Waals surface area contributed by atoms with Gasteiger partial charge in [-0.1, -0.05) is 29.8 Å². The zero-order chi connectivity index (χ0) is 19.6. The minimum Gasteiger partial charge on any atom is -0.497 e. The molecule has 0 aliphatic carbocycles. The van der Waals surface area contributed by atoms with E-state index in [0.29, 0.717) is 11.3 Å². The first-order chi connectivity index (χ1) is 12.9. The smallest absolute Gasteiger partial charge is 0.247 e. The van der Waals surface area contributed by atoms with Crippen LogP contribution in [0.1, 0.15) is 17.2 Å². The van der Waals surface area contributed by atoms with E-state index in [-0.39, 0.29) is 29.6 Å². The number of hydrogen-bond donors (Lipinski definition) is 1. The molecule has 7 nitrogen and oxygen atoms in total. The fraction of sp³-hybridized carbons (Fsp3) is 0.316. The minimum atomic E-state index is -3.98. The lowest BCUT2D eigenvalue weighted by Gasteiger charge is -2.34. The van der Waals surface area contributed by atoms with Crippen molar-refractivity contribution in [3.05, 3.63) is 53.6 Å². The molecule has 0 bridgehead atoms. The average Bonchev–Trinajstić information content (AvgIpc) is 2.67. The Labute approximate surface area is 158 Å². The van der Waals surface area contributed by atoms with Gasteiger partial charge in [0.1, 0.15) is 22.4 Å². The highest BCUT2D eigenvalue weighted by Gasteiger charge is 2.40. The summed E-state index contributed by atoms with van der Waals surface area (Å²) >= 11 is 0. The van der Waals surface area contributed by atoms with Crippen molar-refractivity contribution < 1.29 is 22.7 Å². The number of sulfonamides is 1. The molecule has 2 aromatic rings. The lowest BCUT2D eigenvalue weighted by atomic mass is 10.0. The summed E-state index contributed by atoms with van der Waals surface area (Å²) in [6.07, 6.45) is 0. The van der Waals surface area contributed by atoms with E-state index in [0.717, 1.165) is 5.56 Å². The van der Waals surface area contributed by atoms with Crippen LogP contribution in [-0.4, -0.2) is 45.9 Å². The number of rotatable bonds is 5. The van der Waals surface area contributed by atoms with Crippen molar-refractivity contribution in [2.24, 2.45) is 0 Å². The first kappa shape index (κ1) is 19.2. The van der Waals surface area contributed by atoms with Crippen LogP contribution in [0.15, 0.2) is 47.4 Å². The Morgan fingerprint density at radius 3 is 2.56 bits per heavy atom. The van der Waals surface area contributed by atoms with Crippen molar-refractivity contribution in [1.29, 1.82) is 0 Å². The summed E-state index contributed by atoms with van der Waals surface area (Å²) < 4.78 is 38.4. The van der Waals surface area contributed by atoms with Gasteiger partial charge >= 0.3 is 0 Å². The molecule has 1 saturated heterocycles. The molecule has 0 radical (unpaired) electrons. The second-order valence-corrected chi connectivity index (χ2v) is 8.10. The number of ether oxygens (including phenoxy) is 2. The fourth-order valence-corrected chi connectivity index (χ4v) is 4.89. The first-order valence-corrected chi connectivity index (χ1v) is 9.90. The van der Waals surface area contributed by atoms with Crippen molar-refractivity contribution in [3.63, 3.8) is 0 Å². The first-order valence-electron chi connectivity index (χ1n) is 8.46. The van der Waals surface area contributed by atoms with Crippen molar-refractivity contribution in [2.75, 3.05) is 27.3 Å². The van der Waals surface area contributed by atoms with E-state index in [1.807, 2.05) is 25.1 Å². The normalized spacial score (nSPS) is 18.0. The Balaban J connectivity index is 2.10. The van der Waals surface area contributed by atoms with Gasteiger partial charge in [-0.2, -0.15) is 4.31 Å². The van der Waals surface area contributed by atoms with Crippen molar-refractivity contribution in [3.8, 4) is 11.5 Å². The lowest BCUT2D eigenvalue weighted by Crippen LogP contribution is -2.52. The molecule has 0 spiro atoms. The Morgan fingerprint density at radius 1 is 1.11 bits per heavy atom. The van der Waals surface area contributed by atoms with Crippen LogP contribution < -0.4 is 14.8 Å². The van der Waals surface area contributed by atoms with Crippen LogP contribution in [0.4, 0.5) is 0 Å². The molecular formula is C19H22N2O5S. The molecule has 0 saturated carbocycles. The zero-order valence-corrected chi connectivity index (χ0v) is 16.2. The second-order valence-electron chi connectivity index (χ2n) is 6.24. The predicted molar refractivity (Wildman–Crippen MR) is 100 cm³/mol. The Hall–Kier alpha value is -2.58. The standard InChI is InChI=1S/C19H22N2O5S/c1-13-5-4-6-14(11-13)18-19(22)20-9-10-21(18)27(23,24)17-8-7-15(25-2)12-16(17)26-3/h4-8,11-12,18H,9-10H2,1-3H3,(H,20,22). The number of methoxy groups -OCH3 is 2. The van der Waals surface area contributed by atoms with Crippen LogP contribution in [0.5, 0.6) is 11.5 Å². The highest BCUT2D eigenvalue weighted by atomic mass is 32.2. The number of nitrogens with zero attached hydrogens (tertiary/aromatic N) is 1. The van der Waals surface area contributed by atoms with Gasteiger partial charge in [-0.25, -0.2) is 8.42 Å².